The zero-order valence-electron chi connectivity index (χ0n) is 17.6. The van der Waals surface area contributed by atoms with Crippen LogP contribution in [0.2, 0.25) is 0 Å². The third-order valence-electron chi connectivity index (χ3n) is 5.04. The molecule has 166 valence electrons. The van der Waals surface area contributed by atoms with E-state index in [0.29, 0.717) is 16.5 Å². The highest BCUT2D eigenvalue weighted by Gasteiger charge is 2.35. The minimum Gasteiger partial charge on any atom is -0.478 e. The van der Waals surface area contributed by atoms with Crippen molar-refractivity contribution in [2.75, 3.05) is 10.4 Å². The summed E-state index contributed by atoms with van der Waals surface area (Å²) in [7, 11) is 0. The zero-order valence-corrected chi connectivity index (χ0v) is 18.4. The molecule has 0 atom stereocenters. The van der Waals surface area contributed by atoms with Gasteiger partial charge in [-0.3, -0.25) is 10.2 Å². The molecule has 34 heavy (non-hydrogen) atoms. The highest BCUT2D eigenvalue weighted by atomic mass is 32.1. The van der Waals surface area contributed by atoms with Crippen LogP contribution in [0.1, 0.15) is 15.9 Å². The maximum atomic E-state index is 13.3. The predicted molar refractivity (Wildman–Crippen MR) is 132 cm³/mol. The molecule has 1 aromatic heterocycles. The summed E-state index contributed by atoms with van der Waals surface area (Å²) >= 11 is 1.32. The number of hydrogen-bond acceptors (Lipinski definition) is 7. The molecule has 0 aliphatic carbocycles. The molecule has 5 rings (SSSR count). The summed E-state index contributed by atoms with van der Waals surface area (Å²) in [5, 5.41) is 21.5. The number of thiazole rings is 1. The van der Waals surface area contributed by atoms with Gasteiger partial charge in [-0.2, -0.15) is 15.2 Å². The van der Waals surface area contributed by atoms with Gasteiger partial charge in [0.25, 0.3) is 0 Å². The van der Waals surface area contributed by atoms with Crippen LogP contribution in [0.3, 0.4) is 0 Å². The molecule has 1 aliphatic rings. The summed E-state index contributed by atoms with van der Waals surface area (Å²) in [4.78, 5) is 29.0. The number of carbonyl (C=O) groups is 2. The number of carboxylic acid groups (broad SMARTS) is 1. The van der Waals surface area contributed by atoms with E-state index in [1.165, 1.54) is 28.5 Å². The van der Waals surface area contributed by atoms with Gasteiger partial charge in [0.05, 0.1) is 16.9 Å². The first kappa shape index (κ1) is 21.2. The van der Waals surface area contributed by atoms with Crippen LogP contribution in [-0.2, 0) is 4.79 Å². The first-order chi connectivity index (χ1) is 16.6. The standard InChI is InChI=1S/C25H17N5O3S/c31-23-22(28-27-19-13-11-18(12-14-19)24(32)33)21(17-9-5-2-6-10-17)29-30(23)25-26-20(15-34-25)16-7-3-1-4-8-16/h1-15,27H,(H,32,33)/b28-22+. The monoisotopic (exact) mass is 467 g/mol. The molecule has 0 saturated carbocycles. The molecule has 0 spiro atoms. The quantitative estimate of drug-likeness (QED) is 0.399. The fourth-order valence-corrected chi connectivity index (χ4v) is 4.11. The Kier molecular flexibility index (Phi) is 5.67. The minimum absolute atomic E-state index is 0.130. The second-order valence-electron chi connectivity index (χ2n) is 7.27. The fourth-order valence-electron chi connectivity index (χ4n) is 3.33. The number of rotatable bonds is 6. The SMILES string of the molecule is O=C(O)c1ccc(N/N=C2/C(=O)N(c3nc(-c4ccccc4)cs3)N=C2c2ccccc2)cc1. The molecule has 9 heteroatoms. The third kappa shape index (κ3) is 4.19. The number of hydrogen-bond donors (Lipinski definition) is 2. The van der Waals surface area contributed by atoms with Crippen LogP contribution in [0.5, 0.6) is 0 Å². The highest BCUT2D eigenvalue weighted by molar-refractivity contribution is 7.14. The fraction of sp³-hybridized carbons (Fsp3) is 0. The lowest BCUT2D eigenvalue weighted by Crippen LogP contribution is -2.28. The first-order valence-electron chi connectivity index (χ1n) is 10.3. The number of carboxylic acids is 1. The minimum atomic E-state index is -1.02. The Labute approximate surface area is 198 Å². The number of hydrazone groups is 2. The Balaban J connectivity index is 1.47. The number of aromatic nitrogens is 1. The van der Waals surface area contributed by atoms with E-state index in [-0.39, 0.29) is 11.3 Å². The molecule has 0 radical (unpaired) electrons. The molecule has 0 fully saturated rings. The van der Waals surface area contributed by atoms with Crippen LogP contribution >= 0.6 is 11.3 Å². The van der Waals surface area contributed by atoms with Crippen LogP contribution in [0.25, 0.3) is 11.3 Å². The van der Waals surface area contributed by atoms with E-state index in [4.69, 9.17) is 5.11 Å². The molecule has 8 nitrogen and oxygen atoms in total. The molecule has 3 aromatic carbocycles. The lowest BCUT2D eigenvalue weighted by atomic mass is 10.1. The van der Waals surface area contributed by atoms with E-state index in [2.05, 4.69) is 20.6 Å². The molecule has 0 saturated heterocycles. The van der Waals surface area contributed by atoms with Gasteiger partial charge in [0, 0.05) is 16.5 Å². The number of benzene rings is 3. The van der Waals surface area contributed by atoms with Gasteiger partial charge in [0.15, 0.2) is 5.71 Å². The van der Waals surface area contributed by atoms with Crippen LogP contribution in [-0.4, -0.2) is 33.4 Å². The highest BCUT2D eigenvalue weighted by Crippen LogP contribution is 2.30. The van der Waals surface area contributed by atoms with E-state index in [9.17, 15) is 9.59 Å². The summed E-state index contributed by atoms with van der Waals surface area (Å²) in [6.45, 7) is 0. The Morgan fingerprint density at radius 3 is 2.21 bits per heavy atom. The van der Waals surface area contributed by atoms with Crippen molar-refractivity contribution < 1.29 is 14.7 Å². The van der Waals surface area contributed by atoms with Gasteiger partial charge in [-0.15, -0.1) is 11.3 Å². The van der Waals surface area contributed by atoms with Gasteiger partial charge in [-0.25, -0.2) is 9.78 Å². The van der Waals surface area contributed by atoms with Crippen LogP contribution in [0.15, 0.2) is 101 Å². The lowest BCUT2D eigenvalue weighted by molar-refractivity contribution is -0.112. The van der Waals surface area contributed by atoms with E-state index in [0.717, 1.165) is 16.8 Å². The molecular formula is C25H17N5O3S. The smallest absolute Gasteiger partial charge is 0.335 e. The number of carbonyl (C=O) groups excluding carboxylic acids is 1. The Hall–Kier alpha value is -4.63. The van der Waals surface area contributed by atoms with Crippen LogP contribution < -0.4 is 10.4 Å². The van der Waals surface area contributed by atoms with Crippen molar-refractivity contribution in [2.24, 2.45) is 10.2 Å². The van der Waals surface area contributed by atoms with Gasteiger partial charge in [-0.1, -0.05) is 60.7 Å². The molecule has 2 heterocycles. The summed E-state index contributed by atoms with van der Waals surface area (Å²) < 4.78 is 0. The van der Waals surface area contributed by atoms with Gasteiger partial charge in [-0.05, 0) is 24.3 Å². The van der Waals surface area contributed by atoms with Crippen LogP contribution in [0, 0.1) is 0 Å². The van der Waals surface area contributed by atoms with Gasteiger partial charge >= 0.3 is 11.9 Å². The summed E-state index contributed by atoms with van der Waals surface area (Å²) in [6, 6.07) is 25.1. The van der Waals surface area contributed by atoms with Crippen molar-refractivity contribution in [3.05, 3.63) is 101 Å². The van der Waals surface area contributed by atoms with E-state index in [1.54, 1.807) is 12.1 Å². The van der Waals surface area contributed by atoms with Crippen molar-refractivity contribution in [1.29, 1.82) is 0 Å². The maximum Gasteiger partial charge on any atom is 0.335 e. The molecule has 0 unspecified atom stereocenters. The molecule has 4 aromatic rings. The van der Waals surface area contributed by atoms with E-state index >= 15 is 0 Å². The van der Waals surface area contributed by atoms with Gasteiger partial charge < -0.3 is 5.11 Å². The lowest BCUT2D eigenvalue weighted by Gasteiger charge is -2.06. The van der Waals surface area contributed by atoms with Gasteiger partial charge in [0.1, 0.15) is 5.71 Å². The second-order valence-corrected chi connectivity index (χ2v) is 8.10. The number of anilines is 2. The number of amides is 1. The predicted octanol–water partition coefficient (Wildman–Crippen LogP) is 4.73. The van der Waals surface area contributed by atoms with Crippen LogP contribution in [0.4, 0.5) is 10.8 Å². The summed E-state index contributed by atoms with van der Waals surface area (Å²) in [6.07, 6.45) is 0. The Bertz CT molecular complexity index is 1410. The largest absolute Gasteiger partial charge is 0.478 e. The second kappa shape index (κ2) is 9.08. The van der Waals surface area contributed by atoms with Crippen molar-refractivity contribution in [1.82, 2.24) is 4.98 Å². The first-order valence-corrected chi connectivity index (χ1v) is 11.1. The van der Waals surface area contributed by atoms with Crippen molar-refractivity contribution in [3.8, 4) is 11.3 Å². The topological polar surface area (TPSA) is 107 Å². The Morgan fingerprint density at radius 1 is 0.912 bits per heavy atom. The average molecular weight is 468 g/mol. The third-order valence-corrected chi connectivity index (χ3v) is 5.85. The Morgan fingerprint density at radius 2 is 1.56 bits per heavy atom. The van der Waals surface area contributed by atoms with Crippen molar-refractivity contribution in [2.45, 2.75) is 0 Å². The van der Waals surface area contributed by atoms with Gasteiger partial charge in [0.2, 0.25) is 5.13 Å². The molecule has 2 N–H and O–H groups in total. The molecule has 0 bridgehead atoms. The number of nitrogens with zero attached hydrogens (tertiary/aromatic N) is 4. The van der Waals surface area contributed by atoms with E-state index in [1.807, 2.05) is 66.0 Å². The zero-order chi connectivity index (χ0) is 23.5. The molecule has 1 amide bonds. The van der Waals surface area contributed by atoms with Crippen molar-refractivity contribution >= 4 is 45.5 Å². The summed E-state index contributed by atoms with van der Waals surface area (Å²) in [5.74, 6) is -1.43. The molecular weight excluding hydrogens is 450 g/mol. The number of aromatic carboxylic acids is 1. The normalized spacial score (nSPS) is 14.4. The number of nitrogens with one attached hydrogen (secondary N) is 1. The van der Waals surface area contributed by atoms with Crippen molar-refractivity contribution in [3.63, 3.8) is 0 Å². The summed E-state index contributed by atoms with van der Waals surface area (Å²) in [5.41, 5.74) is 6.52. The average Bonchev–Trinajstić information content (AvgIpc) is 3.49. The molecule has 1 aliphatic heterocycles. The maximum absolute atomic E-state index is 13.3. The van der Waals surface area contributed by atoms with E-state index < -0.39 is 11.9 Å².